The zero-order valence-electron chi connectivity index (χ0n) is 14.0. The molecule has 1 aliphatic heterocycles. The van der Waals surface area contributed by atoms with Crippen LogP contribution in [0.15, 0.2) is 40.9 Å². The number of hydrogen-bond acceptors (Lipinski definition) is 2. The van der Waals surface area contributed by atoms with Gasteiger partial charge in [-0.05, 0) is 43.0 Å². The minimum absolute atomic E-state index is 0.559. The predicted molar refractivity (Wildman–Crippen MR) is 95.0 cm³/mol. The summed E-state index contributed by atoms with van der Waals surface area (Å²) >= 11 is 0. The van der Waals surface area contributed by atoms with Crippen LogP contribution in [0.25, 0.3) is 0 Å². The maximum atomic E-state index is 5.71. The first-order chi connectivity index (χ1) is 10.3. The van der Waals surface area contributed by atoms with Crippen LogP contribution in [-0.4, -0.2) is 12.3 Å². The van der Waals surface area contributed by atoms with Crippen molar-refractivity contribution in [3.63, 3.8) is 0 Å². The normalized spacial score (nSPS) is 22.2. The fourth-order valence-corrected chi connectivity index (χ4v) is 2.99. The largest absolute Gasteiger partial charge is 0.399 e. The number of nitrogen functional groups attached to an aromatic ring is 1. The van der Waals surface area contributed by atoms with Crippen molar-refractivity contribution >= 4 is 11.9 Å². The fourth-order valence-electron chi connectivity index (χ4n) is 2.99. The molecule has 2 aliphatic rings. The van der Waals surface area contributed by atoms with Gasteiger partial charge in [-0.25, -0.2) is 0 Å². The molecule has 3 rings (SSSR count). The lowest BCUT2D eigenvalue weighted by Gasteiger charge is -2.22. The van der Waals surface area contributed by atoms with Gasteiger partial charge in [0.25, 0.3) is 0 Å². The van der Waals surface area contributed by atoms with Gasteiger partial charge in [0, 0.05) is 17.8 Å². The smallest absolute Gasteiger partial charge is 0.0565 e. The number of dihydropyridines is 1. The van der Waals surface area contributed by atoms with Crippen LogP contribution in [0.5, 0.6) is 0 Å². The molecule has 2 nitrogen and oxygen atoms in total. The lowest BCUT2D eigenvalue weighted by atomic mass is 9.87. The van der Waals surface area contributed by atoms with Gasteiger partial charge in [-0.2, -0.15) is 0 Å². The Morgan fingerprint density at radius 2 is 1.71 bits per heavy atom. The third kappa shape index (κ3) is 4.73. The van der Waals surface area contributed by atoms with E-state index >= 15 is 0 Å². The lowest BCUT2D eigenvalue weighted by Crippen LogP contribution is -2.19. The second kappa shape index (κ2) is 9.38. The van der Waals surface area contributed by atoms with Crippen molar-refractivity contribution in [3.8, 4) is 0 Å². The van der Waals surface area contributed by atoms with E-state index in [0.717, 1.165) is 12.1 Å². The molecule has 1 saturated carbocycles. The molecule has 1 heterocycles. The van der Waals surface area contributed by atoms with Crippen LogP contribution in [0.4, 0.5) is 5.69 Å². The Kier molecular flexibility index (Phi) is 7.81. The second-order valence-electron chi connectivity index (χ2n) is 5.06. The van der Waals surface area contributed by atoms with Gasteiger partial charge in [0.15, 0.2) is 0 Å². The molecule has 0 aromatic heterocycles. The van der Waals surface area contributed by atoms with E-state index in [1.165, 1.54) is 24.8 Å². The summed E-state index contributed by atoms with van der Waals surface area (Å²) in [7, 11) is 0. The highest BCUT2D eigenvalue weighted by atomic mass is 14.8. The van der Waals surface area contributed by atoms with Crippen molar-refractivity contribution in [3.05, 3.63) is 41.5 Å². The van der Waals surface area contributed by atoms with E-state index in [1.54, 1.807) is 5.57 Å². The summed E-state index contributed by atoms with van der Waals surface area (Å²) in [5, 5.41) is 0. The second-order valence-corrected chi connectivity index (χ2v) is 5.06. The summed E-state index contributed by atoms with van der Waals surface area (Å²) in [6.07, 6.45) is 9.16. The van der Waals surface area contributed by atoms with Crippen LogP contribution in [0.2, 0.25) is 0 Å². The van der Waals surface area contributed by atoms with Crippen molar-refractivity contribution < 1.29 is 0 Å². The van der Waals surface area contributed by atoms with Gasteiger partial charge < -0.3 is 5.73 Å². The highest BCUT2D eigenvalue weighted by Crippen LogP contribution is 2.36. The van der Waals surface area contributed by atoms with Gasteiger partial charge in [0.1, 0.15) is 0 Å². The van der Waals surface area contributed by atoms with Gasteiger partial charge in [-0.15, -0.1) is 0 Å². The molecule has 2 unspecified atom stereocenters. The first-order valence-electron chi connectivity index (χ1n) is 8.39. The summed E-state index contributed by atoms with van der Waals surface area (Å²) in [6, 6.07) is 8.79. The molecule has 2 N–H and O–H groups in total. The van der Waals surface area contributed by atoms with Gasteiger partial charge in [-0.3, -0.25) is 4.99 Å². The molecule has 0 saturated heterocycles. The Morgan fingerprint density at radius 1 is 1.05 bits per heavy atom. The van der Waals surface area contributed by atoms with Gasteiger partial charge in [-0.1, -0.05) is 51.8 Å². The van der Waals surface area contributed by atoms with Crippen LogP contribution in [0.3, 0.4) is 0 Å². The molecule has 0 radical (unpaired) electrons. The summed E-state index contributed by atoms with van der Waals surface area (Å²) in [5.41, 5.74) is 9.45. The monoisotopic (exact) mass is 286 g/mol. The highest BCUT2D eigenvalue weighted by Gasteiger charge is 2.30. The van der Waals surface area contributed by atoms with Gasteiger partial charge in [0.2, 0.25) is 0 Å². The number of rotatable bonds is 2. The Hall–Kier alpha value is -1.57. The first-order valence-corrected chi connectivity index (χ1v) is 8.39. The number of fused-ring (bicyclic) bond motifs is 1. The standard InChI is InChI=1S/C15H18N2.2C2H6/c16-13-6-4-11(5-7-13)10-12-8-9-17-15-3-1-2-14(12)15;2*1-2/h4-9,14-15H,1-3,10,16H2;2*1-2H3. The molecule has 2 heteroatoms. The Labute approximate surface area is 130 Å². The third-order valence-electron chi connectivity index (χ3n) is 3.91. The van der Waals surface area contributed by atoms with Crippen LogP contribution in [0.1, 0.15) is 52.5 Å². The number of hydrogen-bond donors (Lipinski definition) is 1. The SMILES string of the molecule is CC.CC.Nc1ccc(CC2=CC=NC3CCCC23)cc1. The first kappa shape index (κ1) is 17.5. The van der Waals surface area contributed by atoms with Crippen molar-refractivity contribution in [2.75, 3.05) is 5.73 Å². The molecule has 1 aromatic carbocycles. The van der Waals surface area contributed by atoms with E-state index in [0.29, 0.717) is 12.0 Å². The van der Waals surface area contributed by atoms with E-state index in [9.17, 15) is 0 Å². The summed E-state index contributed by atoms with van der Waals surface area (Å²) < 4.78 is 0. The van der Waals surface area contributed by atoms with Crippen molar-refractivity contribution in [2.24, 2.45) is 10.9 Å². The summed E-state index contributed by atoms with van der Waals surface area (Å²) in [4.78, 5) is 4.58. The van der Waals surface area contributed by atoms with E-state index in [1.807, 2.05) is 46.0 Å². The molecule has 1 aromatic rings. The minimum atomic E-state index is 0.559. The van der Waals surface area contributed by atoms with Crippen LogP contribution in [0, 0.1) is 5.92 Å². The number of anilines is 1. The number of nitrogens with zero attached hydrogens (tertiary/aromatic N) is 1. The summed E-state index contributed by atoms with van der Waals surface area (Å²) in [6.45, 7) is 8.00. The highest BCUT2D eigenvalue weighted by molar-refractivity contribution is 5.74. The van der Waals surface area contributed by atoms with Crippen LogP contribution in [-0.2, 0) is 6.42 Å². The molecule has 1 fully saturated rings. The zero-order valence-corrected chi connectivity index (χ0v) is 14.0. The summed E-state index contributed by atoms with van der Waals surface area (Å²) in [5.74, 6) is 0.692. The number of allylic oxidation sites excluding steroid dienone is 1. The topological polar surface area (TPSA) is 38.4 Å². The average molecular weight is 286 g/mol. The maximum absolute atomic E-state index is 5.71. The zero-order chi connectivity index (χ0) is 15.7. The van der Waals surface area contributed by atoms with Crippen molar-refractivity contribution in [2.45, 2.75) is 59.4 Å². The molecular formula is C19H30N2. The van der Waals surface area contributed by atoms with E-state index in [4.69, 9.17) is 5.73 Å². The molecule has 0 spiro atoms. The quantitative estimate of drug-likeness (QED) is 0.760. The lowest BCUT2D eigenvalue weighted by molar-refractivity contribution is 0.540. The molecule has 116 valence electrons. The number of benzene rings is 1. The minimum Gasteiger partial charge on any atom is -0.399 e. The predicted octanol–water partition coefficient (Wildman–Crippen LogP) is 5.04. The fraction of sp³-hybridized carbons (Fsp3) is 0.526. The number of nitrogens with two attached hydrogens (primary N) is 1. The van der Waals surface area contributed by atoms with Gasteiger partial charge in [0.05, 0.1) is 6.04 Å². The van der Waals surface area contributed by atoms with Crippen LogP contribution >= 0.6 is 0 Å². The molecule has 0 amide bonds. The average Bonchev–Trinajstić information content (AvgIpc) is 3.03. The van der Waals surface area contributed by atoms with E-state index in [-0.39, 0.29) is 0 Å². The Morgan fingerprint density at radius 3 is 2.38 bits per heavy atom. The van der Waals surface area contributed by atoms with Crippen molar-refractivity contribution in [1.29, 1.82) is 0 Å². The van der Waals surface area contributed by atoms with Gasteiger partial charge >= 0.3 is 0 Å². The maximum Gasteiger partial charge on any atom is 0.0565 e. The third-order valence-corrected chi connectivity index (χ3v) is 3.91. The Bertz CT molecular complexity index is 457. The molecule has 2 atom stereocenters. The Balaban J connectivity index is 0.000000510. The molecule has 0 bridgehead atoms. The van der Waals surface area contributed by atoms with Crippen LogP contribution < -0.4 is 5.73 Å². The van der Waals surface area contributed by atoms with Crippen molar-refractivity contribution in [1.82, 2.24) is 0 Å². The molecule has 1 aliphatic carbocycles. The molecule has 21 heavy (non-hydrogen) atoms. The van der Waals surface area contributed by atoms with E-state index < -0.39 is 0 Å². The molecular weight excluding hydrogens is 256 g/mol. The number of aliphatic imine (C=N–C) groups is 1. The van der Waals surface area contributed by atoms with E-state index in [2.05, 4.69) is 23.2 Å².